The molecule has 2 N–H and O–H groups in total. The molecule has 0 amide bonds. The lowest BCUT2D eigenvalue weighted by molar-refractivity contribution is -0.386. The number of rotatable bonds is 9. The largest absolute Gasteiger partial charge is 0.487 e. The maximum Gasteiger partial charge on any atom is 0.308 e. The van der Waals surface area contributed by atoms with Gasteiger partial charge in [0.15, 0.2) is 0 Å². The molecule has 0 saturated heterocycles. The lowest BCUT2D eigenvalue weighted by Crippen LogP contribution is -2.25. The Morgan fingerprint density at radius 1 is 1.28 bits per heavy atom. The summed E-state index contributed by atoms with van der Waals surface area (Å²) in [5.41, 5.74) is 2.39. The zero-order chi connectivity index (χ0) is 21.9. The van der Waals surface area contributed by atoms with E-state index in [1.54, 1.807) is 20.8 Å². The number of aliphatic hydroxyl groups excluding tert-OH is 2. The van der Waals surface area contributed by atoms with Gasteiger partial charge in [-0.3, -0.25) is 14.9 Å². The third-order valence-electron chi connectivity index (χ3n) is 5.31. The summed E-state index contributed by atoms with van der Waals surface area (Å²) in [6, 6.07) is 0. The molecule has 2 unspecified atom stereocenters. The van der Waals surface area contributed by atoms with E-state index < -0.39 is 23.8 Å². The van der Waals surface area contributed by atoms with Crippen LogP contribution in [-0.2, 0) is 22.4 Å². The van der Waals surface area contributed by atoms with Crippen molar-refractivity contribution in [1.29, 1.82) is 0 Å². The van der Waals surface area contributed by atoms with Crippen LogP contribution in [0.5, 0.6) is 5.75 Å². The SMILES string of the molecule is CCOC(=O)CC(O)CC(O)CCc1c(C)c([N+](=O)[O-])c(C)c2c1OC(C)(C)C2. The second-order valence-electron chi connectivity index (χ2n) is 8.27. The summed E-state index contributed by atoms with van der Waals surface area (Å²) < 4.78 is 10.9. The second kappa shape index (κ2) is 9.09. The minimum atomic E-state index is -1.00. The summed E-state index contributed by atoms with van der Waals surface area (Å²) in [6.07, 6.45) is -0.756. The number of carbonyl (C=O) groups is 1. The molecule has 0 saturated carbocycles. The van der Waals surface area contributed by atoms with Gasteiger partial charge in [0.25, 0.3) is 5.69 Å². The van der Waals surface area contributed by atoms with E-state index in [-0.39, 0.29) is 36.5 Å². The van der Waals surface area contributed by atoms with Crippen LogP contribution in [0.25, 0.3) is 0 Å². The van der Waals surface area contributed by atoms with Crippen molar-refractivity contribution in [2.75, 3.05) is 6.61 Å². The molecule has 0 aromatic heterocycles. The molecule has 29 heavy (non-hydrogen) atoms. The van der Waals surface area contributed by atoms with Crippen LogP contribution < -0.4 is 4.74 Å². The Balaban J connectivity index is 2.17. The molecule has 0 radical (unpaired) electrons. The van der Waals surface area contributed by atoms with Crippen LogP contribution in [0.1, 0.15) is 62.3 Å². The number of hydrogen-bond donors (Lipinski definition) is 2. The van der Waals surface area contributed by atoms with Gasteiger partial charge in [-0.05, 0) is 53.9 Å². The number of ether oxygens (including phenoxy) is 2. The molecule has 2 atom stereocenters. The van der Waals surface area contributed by atoms with Crippen LogP contribution in [0.15, 0.2) is 0 Å². The highest BCUT2D eigenvalue weighted by atomic mass is 16.6. The normalized spacial score (nSPS) is 16.7. The first kappa shape index (κ1) is 23.1. The van der Waals surface area contributed by atoms with Crippen LogP contribution in [0.2, 0.25) is 0 Å². The van der Waals surface area contributed by atoms with Gasteiger partial charge in [-0.1, -0.05) is 0 Å². The van der Waals surface area contributed by atoms with E-state index in [0.29, 0.717) is 29.7 Å². The lowest BCUT2D eigenvalue weighted by Gasteiger charge is -2.20. The van der Waals surface area contributed by atoms with E-state index in [1.165, 1.54) is 0 Å². The predicted octanol–water partition coefficient (Wildman–Crippen LogP) is 2.92. The van der Waals surface area contributed by atoms with Crippen LogP contribution in [0.3, 0.4) is 0 Å². The Labute approximate surface area is 171 Å². The van der Waals surface area contributed by atoms with Crippen molar-refractivity contribution >= 4 is 11.7 Å². The number of nitrogens with zero attached hydrogens (tertiary/aromatic N) is 1. The lowest BCUT2D eigenvalue weighted by atomic mass is 9.90. The van der Waals surface area contributed by atoms with Crippen LogP contribution in [-0.4, -0.2) is 45.5 Å². The van der Waals surface area contributed by atoms with Gasteiger partial charge in [-0.15, -0.1) is 0 Å². The van der Waals surface area contributed by atoms with Crippen molar-refractivity contribution in [3.8, 4) is 5.75 Å². The zero-order valence-corrected chi connectivity index (χ0v) is 17.8. The number of fused-ring (bicyclic) bond motifs is 1. The Kier molecular flexibility index (Phi) is 7.24. The summed E-state index contributed by atoms with van der Waals surface area (Å²) in [4.78, 5) is 22.7. The van der Waals surface area contributed by atoms with Crippen molar-refractivity contribution < 1.29 is 29.4 Å². The minimum absolute atomic E-state index is 0.0281. The molecule has 2 rings (SSSR count). The van der Waals surface area contributed by atoms with Crippen molar-refractivity contribution in [3.63, 3.8) is 0 Å². The summed E-state index contributed by atoms with van der Waals surface area (Å²) >= 11 is 0. The highest BCUT2D eigenvalue weighted by Crippen LogP contribution is 2.45. The molecule has 1 heterocycles. The molecule has 162 valence electrons. The van der Waals surface area contributed by atoms with Gasteiger partial charge >= 0.3 is 5.97 Å². The summed E-state index contributed by atoms with van der Waals surface area (Å²) in [7, 11) is 0. The number of nitro groups is 1. The quantitative estimate of drug-likeness (QED) is 0.365. The maximum absolute atomic E-state index is 11.6. The number of hydrogen-bond acceptors (Lipinski definition) is 7. The molecule has 1 aromatic carbocycles. The Morgan fingerprint density at radius 2 is 1.93 bits per heavy atom. The minimum Gasteiger partial charge on any atom is -0.487 e. The Morgan fingerprint density at radius 3 is 2.52 bits per heavy atom. The third kappa shape index (κ3) is 5.45. The smallest absolute Gasteiger partial charge is 0.308 e. The fraction of sp³-hybridized carbons (Fsp3) is 0.667. The molecular weight excluding hydrogens is 378 g/mol. The molecule has 0 bridgehead atoms. The van der Waals surface area contributed by atoms with Crippen molar-refractivity contribution in [2.24, 2.45) is 0 Å². The van der Waals surface area contributed by atoms with Crippen molar-refractivity contribution in [3.05, 3.63) is 32.4 Å². The topological polar surface area (TPSA) is 119 Å². The van der Waals surface area contributed by atoms with Gasteiger partial charge in [0.1, 0.15) is 11.4 Å². The molecule has 8 nitrogen and oxygen atoms in total. The van der Waals surface area contributed by atoms with E-state index in [1.807, 2.05) is 13.8 Å². The molecule has 8 heteroatoms. The number of aliphatic hydroxyl groups is 2. The van der Waals surface area contributed by atoms with Crippen LogP contribution >= 0.6 is 0 Å². The van der Waals surface area contributed by atoms with Crippen molar-refractivity contribution in [1.82, 2.24) is 0 Å². The fourth-order valence-electron chi connectivity index (χ4n) is 3.98. The van der Waals surface area contributed by atoms with Gasteiger partial charge in [-0.2, -0.15) is 0 Å². The highest BCUT2D eigenvalue weighted by molar-refractivity contribution is 5.69. The standard InChI is InChI=1S/C21H31NO7/c1-6-28-18(25)10-15(24)9-14(23)7-8-16-12(2)19(22(26)27)13(3)17-11-21(4,5)29-20(16)17/h14-15,23-24H,6-11H2,1-5H3. The Bertz CT molecular complexity index is 788. The predicted molar refractivity (Wildman–Crippen MR) is 107 cm³/mol. The molecule has 1 aromatic rings. The van der Waals surface area contributed by atoms with E-state index in [4.69, 9.17) is 9.47 Å². The molecule has 0 spiro atoms. The van der Waals surface area contributed by atoms with E-state index >= 15 is 0 Å². The fourth-order valence-corrected chi connectivity index (χ4v) is 3.98. The highest BCUT2D eigenvalue weighted by Gasteiger charge is 2.37. The molecule has 0 fully saturated rings. The summed E-state index contributed by atoms with van der Waals surface area (Å²) in [5.74, 6) is 0.167. The summed E-state index contributed by atoms with van der Waals surface area (Å²) in [6.45, 7) is 9.26. The maximum atomic E-state index is 11.6. The average molecular weight is 409 g/mol. The third-order valence-corrected chi connectivity index (χ3v) is 5.31. The Hall–Kier alpha value is -2.19. The summed E-state index contributed by atoms with van der Waals surface area (Å²) in [5, 5.41) is 31.9. The number of benzene rings is 1. The van der Waals surface area contributed by atoms with Gasteiger partial charge in [0, 0.05) is 28.7 Å². The first-order valence-electron chi connectivity index (χ1n) is 9.96. The molecule has 1 aliphatic rings. The van der Waals surface area contributed by atoms with Crippen molar-refractivity contribution in [2.45, 2.75) is 84.5 Å². The van der Waals surface area contributed by atoms with Crippen LogP contribution in [0, 0.1) is 24.0 Å². The number of esters is 1. The zero-order valence-electron chi connectivity index (χ0n) is 17.8. The first-order chi connectivity index (χ1) is 13.5. The number of carbonyl (C=O) groups excluding carboxylic acids is 1. The van der Waals surface area contributed by atoms with Crippen LogP contribution in [0.4, 0.5) is 5.69 Å². The monoisotopic (exact) mass is 409 g/mol. The van der Waals surface area contributed by atoms with Gasteiger partial charge < -0.3 is 19.7 Å². The average Bonchev–Trinajstić information content (AvgIpc) is 2.90. The van der Waals surface area contributed by atoms with E-state index in [2.05, 4.69) is 0 Å². The molecule has 1 aliphatic heterocycles. The van der Waals surface area contributed by atoms with Gasteiger partial charge in [0.05, 0.1) is 30.2 Å². The molecule has 0 aliphatic carbocycles. The van der Waals surface area contributed by atoms with Gasteiger partial charge in [0.2, 0.25) is 0 Å². The van der Waals surface area contributed by atoms with E-state index in [9.17, 15) is 25.1 Å². The van der Waals surface area contributed by atoms with Gasteiger partial charge in [-0.25, -0.2) is 0 Å². The van der Waals surface area contributed by atoms with E-state index in [0.717, 1.165) is 11.1 Å². The first-order valence-corrected chi connectivity index (χ1v) is 9.96. The second-order valence-corrected chi connectivity index (χ2v) is 8.27. The molecular formula is C21H31NO7. The number of nitro benzene ring substituents is 1.